The van der Waals surface area contributed by atoms with E-state index >= 15 is 0 Å². The summed E-state index contributed by atoms with van der Waals surface area (Å²) in [5.74, 6) is 0.678. The van der Waals surface area contributed by atoms with E-state index in [1.54, 1.807) is 7.05 Å². The Bertz CT molecular complexity index is 434. The number of aryl methyl sites for hydroxylation is 1. The molecule has 1 aromatic rings. The van der Waals surface area contributed by atoms with Gasteiger partial charge in [0.1, 0.15) is 0 Å². The van der Waals surface area contributed by atoms with Crippen LogP contribution in [-0.4, -0.2) is 25.8 Å². The maximum absolute atomic E-state index is 4.38. The van der Waals surface area contributed by atoms with Crippen LogP contribution in [0.1, 0.15) is 17.5 Å². The molecule has 84 valence electrons. The average Bonchev–Trinajstić information content (AvgIpc) is 2.74. The monoisotopic (exact) mass is 216 g/mol. The standard InChI is InChI=1S/C12H16N4/c1-13-12(14-2)16-15-11-8-7-9-5-3-4-6-10(9)11/h3-6H,7-8H2,1-2H3,(H2,13,14,16). The zero-order chi connectivity index (χ0) is 11.4. The third-order valence-electron chi connectivity index (χ3n) is 2.72. The van der Waals surface area contributed by atoms with Crippen LogP contribution in [-0.2, 0) is 6.42 Å². The molecule has 0 amide bonds. The molecular formula is C12H16N4. The maximum Gasteiger partial charge on any atom is 0.211 e. The number of guanidine groups is 1. The van der Waals surface area contributed by atoms with E-state index in [9.17, 15) is 0 Å². The molecule has 2 N–H and O–H groups in total. The van der Waals surface area contributed by atoms with Gasteiger partial charge in [0, 0.05) is 19.7 Å². The fourth-order valence-electron chi connectivity index (χ4n) is 1.86. The van der Waals surface area contributed by atoms with Crippen LogP contribution in [0.2, 0.25) is 0 Å². The normalized spacial score (nSPS) is 17.4. The SMILES string of the molecule is CN=C(NC)NN=C1CCc2ccccc21. The lowest BCUT2D eigenvalue weighted by Crippen LogP contribution is -2.31. The third kappa shape index (κ3) is 2.05. The summed E-state index contributed by atoms with van der Waals surface area (Å²) >= 11 is 0. The van der Waals surface area contributed by atoms with Gasteiger partial charge in [-0.3, -0.25) is 4.99 Å². The van der Waals surface area contributed by atoms with E-state index in [0.717, 1.165) is 18.6 Å². The van der Waals surface area contributed by atoms with Gasteiger partial charge in [0.05, 0.1) is 5.71 Å². The second-order valence-electron chi connectivity index (χ2n) is 3.65. The number of hydrazone groups is 1. The maximum atomic E-state index is 4.38. The molecule has 4 heteroatoms. The van der Waals surface area contributed by atoms with E-state index < -0.39 is 0 Å². The van der Waals surface area contributed by atoms with Gasteiger partial charge in [0.25, 0.3) is 0 Å². The Kier molecular flexibility index (Phi) is 3.19. The number of aliphatic imine (C=N–C) groups is 1. The van der Waals surface area contributed by atoms with Crippen LogP contribution in [0.4, 0.5) is 0 Å². The zero-order valence-corrected chi connectivity index (χ0v) is 9.62. The molecule has 0 saturated carbocycles. The molecular weight excluding hydrogens is 200 g/mol. The lowest BCUT2D eigenvalue weighted by molar-refractivity contribution is 0.929. The van der Waals surface area contributed by atoms with Crippen molar-refractivity contribution in [2.75, 3.05) is 14.1 Å². The highest BCUT2D eigenvalue weighted by Gasteiger charge is 2.16. The van der Waals surface area contributed by atoms with Crippen molar-refractivity contribution in [3.63, 3.8) is 0 Å². The van der Waals surface area contributed by atoms with Gasteiger partial charge >= 0.3 is 0 Å². The minimum Gasteiger partial charge on any atom is -0.358 e. The quantitative estimate of drug-likeness (QED) is 0.420. The fraction of sp³-hybridized carbons (Fsp3) is 0.333. The van der Waals surface area contributed by atoms with Crippen LogP contribution in [0.5, 0.6) is 0 Å². The topological polar surface area (TPSA) is 48.8 Å². The van der Waals surface area contributed by atoms with Gasteiger partial charge in [-0.05, 0) is 18.4 Å². The van der Waals surface area contributed by atoms with Crippen molar-refractivity contribution in [1.82, 2.24) is 10.7 Å². The van der Waals surface area contributed by atoms with Gasteiger partial charge in [-0.1, -0.05) is 24.3 Å². The van der Waals surface area contributed by atoms with Crippen LogP contribution >= 0.6 is 0 Å². The first-order chi connectivity index (χ1) is 7.85. The highest BCUT2D eigenvalue weighted by molar-refractivity contribution is 6.04. The zero-order valence-electron chi connectivity index (χ0n) is 9.62. The summed E-state index contributed by atoms with van der Waals surface area (Å²) in [6, 6.07) is 8.39. The molecule has 1 aliphatic carbocycles. The highest BCUT2D eigenvalue weighted by atomic mass is 15.4. The second kappa shape index (κ2) is 4.79. The van der Waals surface area contributed by atoms with Crippen molar-refractivity contribution in [2.45, 2.75) is 12.8 Å². The smallest absolute Gasteiger partial charge is 0.211 e. The summed E-state index contributed by atoms with van der Waals surface area (Å²) in [4.78, 5) is 4.01. The Morgan fingerprint density at radius 2 is 2.06 bits per heavy atom. The van der Waals surface area contributed by atoms with E-state index in [-0.39, 0.29) is 0 Å². The average molecular weight is 216 g/mol. The van der Waals surface area contributed by atoms with Gasteiger partial charge in [0.2, 0.25) is 5.96 Å². The van der Waals surface area contributed by atoms with Crippen LogP contribution in [0, 0.1) is 0 Å². The summed E-state index contributed by atoms with van der Waals surface area (Å²) in [6.07, 6.45) is 2.07. The van der Waals surface area contributed by atoms with Crippen molar-refractivity contribution < 1.29 is 0 Å². The fourth-order valence-corrected chi connectivity index (χ4v) is 1.86. The van der Waals surface area contributed by atoms with Crippen molar-refractivity contribution in [3.05, 3.63) is 35.4 Å². The van der Waals surface area contributed by atoms with Crippen LogP contribution < -0.4 is 10.7 Å². The summed E-state index contributed by atoms with van der Waals surface area (Å²) in [5, 5.41) is 7.31. The first-order valence-electron chi connectivity index (χ1n) is 5.40. The number of fused-ring (bicyclic) bond motifs is 1. The Labute approximate surface area is 95.5 Å². The molecule has 0 spiro atoms. The van der Waals surface area contributed by atoms with Gasteiger partial charge in [-0.2, -0.15) is 5.10 Å². The summed E-state index contributed by atoms with van der Waals surface area (Å²) < 4.78 is 0. The van der Waals surface area contributed by atoms with E-state index in [1.165, 1.54) is 11.1 Å². The van der Waals surface area contributed by atoms with Crippen LogP contribution in [0.15, 0.2) is 34.4 Å². The first kappa shape index (κ1) is 10.7. The molecule has 16 heavy (non-hydrogen) atoms. The van der Waals surface area contributed by atoms with Crippen molar-refractivity contribution >= 4 is 11.7 Å². The molecule has 2 rings (SSSR count). The number of hydrogen-bond acceptors (Lipinski definition) is 2. The molecule has 0 heterocycles. The number of benzene rings is 1. The predicted octanol–water partition coefficient (Wildman–Crippen LogP) is 1.13. The van der Waals surface area contributed by atoms with Gasteiger partial charge in [0.15, 0.2) is 0 Å². The summed E-state index contributed by atoms with van der Waals surface area (Å²) in [7, 11) is 3.54. The Morgan fingerprint density at radius 3 is 2.81 bits per heavy atom. The molecule has 0 aromatic heterocycles. The molecule has 4 nitrogen and oxygen atoms in total. The molecule has 1 aliphatic rings. The minimum absolute atomic E-state index is 0.678. The largest absolute Gasteiger partial charge is 0.358 e. The molecule has 0 saturated heterocycles. The molecule has 0 atom stereocenters. The first-order valence-corrected chi connectivity index (χ1v) is 5.40. The van der Waals surface area contributed by atoms with Crippen LogP contribution in [0.25, 0.3) is 0 Å². The highest BCUT2D eigenvalue weighted by Crippen LogP contribution is 2.21. The van der Waals surface area contributed by atoms with Gasteiger partial charge in [-0.25, -0.2) is 5.43 Å². The van der Waals surface area contributed by atoms with E-state index in [4.69, 9.17) is 0 Å². The number of nitrogens with zero attached hydrogens (tertiary/aromatic N) is 2. The third-order valence-corrected chi connectivity index (χ3v) is 2.72. The molecule has 0 fully saturated rings. The Hall–Kier alpha value is -1.84. The number of hydrogen-bond donors (Lipinski definition) is 2. The lowest BCUT2D eigenvalue weighted by Gasteiger charge is -2.04. The van der Waals surface area contributed by atoms with Crippen molar-refractivity contribution in [3.8, 4) is 0 Å². The molecule has 0 aliphatic heterocycles. The number of rotatable bonds is 1. The molecule has 1 aromatic carbocycles. The van der Waals surface area contributed by atoms with Crippen LogP contribution in [0.3, 0.4) is 0 Å². The molecule has 0 unspecified atom stereocenters. The Morgan fingerprint density at radius 1 is 1.25 bits per heavy atom. The van der Waals surface area contributed by atoms with Crippen molar-refractivity contribution in [1.29, 1.82) is 0 Å². The van der Waals surface area contributed by atoms with Crippen molar-refractivity contribution in [2.24, 2.45) is 10.1 Å². The summed E-state index contributed by atoms with van der Waals surface area (Å²) in [5.41, 5.74) is 6.66. The summed E-state index contributed by atoms with van der Waals surface area (Å²) in [6.45, 7) is 0. The Balaban J connectivity index is 2.16. The number of nitrogens with one attached hydrogen (secondary N) is 2. The van der Waals surface area contributed by atoms with E-state index in [2.05, 4.69) is 39.0 Å². The molecule has 0 bridgehead atoms. The van der Waals surface area contributed by atoms with Gasteiger partial charge < -0.3 is 5.32 Å². The van der Waals surface area contributed by atoms with E-state index in [0.29, 0.717) is 5.96 Å². The molecule has 0 radical (unpaired) electrons. The second-order valence-corrected chi connectivity index (χ2v) is 3.65. The predicted molar refractivity (Wildman–Crippen MR) is 66.9 cm³/mol. The lowest BCUT2D eigenvalue weighted by atomic mass is 10.1. The minimum atomic E-state index is 0.678. The van der Waals surface area contributed by atoms with Gasteiger partial charge in [-0.15, -0.1) is 0 Å². The van der Waals surface area contributed by atoms with E-state index in [1.807, 2.05) is 13.1 Å².